The first-order chi connectivity index (χ1) is 14.0. The number of benzene rings is 1. The minimum atomic E-state index is -0.109. The molecule has 1 aromatic heterocycles. The number of hydrogen-bond donors (Lipinski definition) is 0. The van der Waals surface area contributed by atoms with E-state index < -0.39 is 0 Å². The lowest BCUT2D eigenvalue weighted by atomic mass is 10.1. The lowest BCUT2D eigenvalue weighted by Crippen LogP contribution is -2.37. The number of amides is 1. The predicted molar refractivity (Wildman–Crippen MR) is 108 cm³/mol. The molecule has 1 unspecified atom stereocenters. The van der Waals surface area contributed by atoms with Gasteiger partial charge in [0.1, 0.15) is 17.9 Å². The molecule has 7 nitrogen and oxygen atoms in total. The van der Waals surface area contributed by atoms with Crippen LogP contribution in [0.4, 0.5) is 0 Å². The van der Waals surface area contributed by atoms with Crippen molar-refractivity contribution in [3.63, 3.8) is 0 Å². The van der Waals surface area contributed by atoms with Crippen LogP contribution in [0.25, 0.3) is 0 Å². The number of methoxy groups -OCH3 is 1. The van der Waals surface area contributed by atoms with Gasteiger partial charge in [-0.2, -0.15) is 0 Å². The molecule has 0 radical (unpaired) electrons. The third kappa shape index (κ3) is 4.98. The first kappa shape index (κ1) is 20.9. The summed E-state index contributed by atoms with van der Waals surface area (Å²) in [5.41, 5.74) is 2.04. The molecule has 1 amide bonds. The zero-order chi connectivity index (χ0) is 20.8. The number of nitrogens with zero attached hydrogens (tertiary/aromatic N) is 2. The van der Waals surface area contributed by atoms with Crippen LogP contribution in [0.2, 0.25) is 0 Å². The summed E-state index contributed by atoms with van der Waals surface area (Å²) in [6, 6.07) is 5.67. The first-order valence-corrected chi connectivity index (χ1v) is 9.77. The van der Waals surface area contributed by atoms with E-state index >= 15 is 0 Å². The van der Waals surface area contributed by atoms with E-state index in [-0.39, 0.29) is 12.0 Å². The van der Waals surface area contributed by atoms with Crippen LogP contribution in [0.3, 0.4) is 0 Å². The summed E-state index contributed by atoms with van der Waals surface area (Å²) in [6.07, 6.45) is 3.68. The van der Waals surface area contributed by atoms with Crippen LogP contribution in [0.1, 0.15) is 40.2 Å². The average Bonchev–Trinajstić information content (AvgIpc) is 3.35. The fourth-order valence-corrected chi connectivity index (χ4v) is 3.50. The molecular weight excluding hydrogens is 372 g/mol. The summed E-state index contributed by atoms with van der Waals surface area (Å²) in [5.74, 6) is 1.67. The largest absolute Gasteiger partial charge is 0.493 e. The van der Waals surface area contributed by atoms with Gasteiger partial charge < -0.3 is 23.6 Å². The van der Waals surface area contributed by atoms with Crippen molar-refractivity contribution in [2.24, 2.45) is 0 Å². The molecule has 0 bridgehead atoms. The average molecular weight is 400 g/mol. The normalized spacial score (nSPS) is 15.9. The highest BCUT2D eigenvalue weighted by Gasteiger charge is 2.27. The van der Waals surface area contributed by atoms with Gasteiger partial charge in [0.25, 0.3) is 5.91 Å². The Labute approximate surface area is 171 Å². The lowest BCUT2D eigenvalue weighted by molar-refractivity contribution is 0.0505. The molecule has 0 aliphatic carbocycles. The molecule has 7 heteroatoms. The Bertz CT molecular complexity index is 835. The molecule has 29 heavy (non-hydrogen) atoms. The Morgan fingerprint density at radius 2 is 2.21 bits per heavy atom. The van der Waals surface area contributed by atoms with Gasteiger partial charge in [-0.15, -0.1) is 0 Å². The molecule has 0 saturated carbocycles. The van der Waals surface area contributed by atoms with Crippen molar-refractivity contribution in [1.82, 2.24) is 10.1 Å². The highest BCUT2D eigenvalue weighted by Crippen LogP contribution is 2.29. The van der Waals surface area contributed by atoms with Crippen molar-refractivity contribution in [1.29, 1.82) is 0 Å². The van der Waals surface area contributed by atoms with Crippen LogP contribution in [0.15, 0.2) is 35.4 Å². The fraction of sp³-hybridized carbons (Fsp3) is 0.455. The van der Waals surface area contributed by atoms with Crippen molar-refractivity contribution in [3.05, 3.63) is 53.4 Å². The van der Waals surface area contributed by atoms with Crippen LogP contribution >= 0.6 is 0 Å². The van der Waals surface area contributed by atoms with Crippen molar-refractivity contribution in [2.75, 3.05) is 26.9 Å². The van der Waals surface area contributed by atoms with Crippen molar-refractivity contribution >= 4 is 5.91 Å². The monoisotopic (exact) mass is 400 g/mol. The highest BCUT2D eigenvalue weighted by molar-refractivity contribution is 5.96. The lowest BCUT2D eigenvalue weighted by Gasteiger charge is -2.26. The van der Waals surface area contributed by atoms with Crippen LogP contribution in [0.5, 0.6) is 11.5 Å². The number of aryl methyl sites for hydroxylation is 2. The minimum absolute atomic E-state index is 0.0384. The van der Waals surface area contributed by atoms with E-state index in [9.17, 15) is 4.79 Å². The molecule has 156 valence electrons. The van der Waals surface area contributed by atoms with E-state index in [0.29, 0.717) is 48.2 Å². The van der Waals surface area contributed by atoms with Crippen LogP contribution in [-0.4, -0.2) is 48.9 Å². The number of carbonyl (C=O) groups excluding carboxylic acids is 1. The van der Waals surface area contributed by atoms with Gasteiger partial charge in [0.05, 0.1) is 18.9 Å². The summed E-state index contributed by atoms with van der Waals surface area (Å²) in [4.78, 5) is 15.1. The number of rotatable bonds is 9. The molecule has 0 spiro atoms. The second kappa shape index (κ2) is 9.60. The highest BCUT2D eigenvalue weighted by atomic mass is 16.5. The number of aromatic nitrogens is 1. The maximum absolute atomic E-state index is 13.3. The Hall–Kier alpha value is -2.80. The summed E-state index contributed by atoms with van der Waals surface area (Å²) >= 11 is 0. The number of hydrogen-bond acceptors (Lipinski definition) is 6. The van der Waals surface area contributed by atoms with E-state index in [1.165, 1.54) is 0 Å². The van der Waals surface area contributed by atoms with Crippen molar-refractivity contribution in [3.8, 4) is 11.5 Å². The molecular formula is C22H28N2O5. The Morgan fingerprint density at radius 3 is 2.83 bits per heavy atom. The van der Waals surface area contributed by atoms with Gasteiger partial charge in [-0.1, -0.05) is 23.9 Å². The van der Waals surface area contributed by atoms with Crippen molar-refractivity contribution < 1.29 is 23.5 Å². The van der Waals surface area contributed by atoms with Gasteiger partial charge in [0, 0.05) is 19.7 Å². The van der Waals surface area contributed by atoms with E-state index in [4.69, 9.17) is 18.7 Å². The van der Waals surface area contributed by atoms with Gasteiger partial charge in [-0.25, -0.2) is 0 Å². The topological polar surface area (TPSA) is 74.0 Å². The summed E-state index contributed by atoms with van der Waals surface area (Å²) in [7, 11) is 1.60. The molecule has 1 saturated heterocycles. The molecule has 2 heterocycles. The Morgan fingerprint density at radius 1 is 1.38 bits per heavy atom. The third-order valence-corrected chi connectivity index (χ3v) is 4.94. The maximum Gasteiger partial charge on any atom is 0.259 e. The number of ether oxygens (including phenoxy) is 3. The van der Waals surface area contributed by atoms with Gasteiger partial charge in [-0.3, -0.25) is 4.79 Å². The zero-order valence-electron chi connectivity index (χ0n) is 17.3. The van der Waals surface area contributed by atoms with Crippen LogP contribution in [-0.2, 0) is 11.3 Å². The molecule has 1 atom stereocenters. The zero-order valence-corrected chi connectivity index (χ0v) is 17.3. The first-order valence-electron chi connectivity index (χ1n) is 9.77. The van der Waals surface area contributed by atoms with E-state index in [2.05, 4.69) is 11.7 Å². The Balaban J connectivity index is 1.84. The fourth-order valence-electron chi connectivity index (χ4n) is 3.50. The number of carbonyl (C=O) groups is 1. The molecule has 0 N–H and O–H groups in total. The van der Waals surface area contributed by atoms with Crippen LogP contribution < -0.4 is 9.47 Å². The second-order valence-corrected chi connectivity index (χ2v) is 7.10. The molecule has 1 aliphatic rings. The summed E-state index contributed by atoms with van der Waals surface area (Å²) in [5, 5.41) is 3.93. The van der Waals surface area contributed by atoms with Gasteiger partial charge in [-0.05, 0) is 44.4 Å². The molecule has 3 rings (SSSR count). The van der Waals surface area contributed by atoms with E-state index in [0.717, 1.165) is 25.0 Å². The predicted octanol–water partition coefficient (Wildman–Crippen LogP) is 3.69. The van der Waals surface area contributed by atoms with Gasteiger partial charge in [0.2, 0.25) is 0 Å². The van der Waals surface area contributed by atoms with Gasteiger partial charge in [0.15, 0.2) is 11.5 Å². The SMILES string of the molecule is C=CCOc1ccc(CN(CC2CCCO2)C(=O)c2c(C)noc2C)cc1OC. The maximum atomic E-state index is 13.3. The molecule has 1 aromatic carbocycles. The van der Waals surface area contributed by atoms with E-state index in [1.807, 2.05) is 18.2 Å². The Kier molecular flexibility index (Phi) is 6.93. The molecule has 1 aliphatic heterocycles. The van der Waals surface area contributed by atoms with Crippen molar-refractivity contribution in [2.45, 2.75) is 39.3 Å². The molecule has 1 fully saturated rings. The second-order valence-electron chi connectivity index (χ2n) is 7.10. The molecule has 2 aromatic rings. The van der Waals surface area contributed by atoms with E-state index in [1.54, 1.807) is 31.9 Å². The third-order valence-electron chi connectivity index (χ3n) is 4.94. The van der Waals surface area contributed by atoms with Gasteiger partial charge >= 0.3 is 0 Å². The van der Waals surface area contributed by atoms with Crippen LogP contribution in [0, 0.1) is 13.8 Å². The quantitative estimate of drug-likeness (QED) is 0.598. The standard InChI is InChI=1S/C22H28N2O5/c1-5-10-28-19-9-8-17(12-20(19)26-4)13-24(14-18-7-6-11-27-18)22(25)21-15(2)23-29-16(21)3/h5,8-9,12,18H,1,6-7,10-11,13-14H2,2-4H3. The minimum Gasteiger partial charge on any atom is -0.493 e. The smallest absolute Gasteiger partial charge is 0.259 e. The summed E-state index contributed by atoms with van der Waals surface area (Å²) < 4.78 is 22.0. The summed E-state index contributed by atoms with van der Waals surface area (Å²) in [6.45, 7) is 9.26.